The zero-order chi connectivity index (χ0) is 16.4. The van der Waals surface area contributed by atoms with Crippen molar-refractivity contribution < 1.29 is 9.05 Å². The van der Waals surface area contributed by atoms with Gasteiger partial charge in [-0.15, -0.1) is 0 Å². The molecule has 0 atom stereocenters. The number of hydrogen-bond acceptors (Lipinski definition) is 7. The summed E-state index contributed by atoms with van der Waals surface area (Å²) >= 11 is 0. The van der Waals surface area contributed by atoms with Crippen LogP contribution in [0.25, 0.3) is 0 Å². The van der Waals surface area contributed by atoms with Crippen molar-refractivity contribution in [3.8, 4) is 0 Å². The molecule has 126 valence electrons. The van der Waals surface area contributed by atoms with E-state index in [-0.39, 0.29) is 17.4 Å². The second-order valence-electron chi connectivity index (χ2n) is 6.96. The first kappa shape index (κ1) is 16.1. The molecule has 23 heavy (non-hydrogen) atoms. The minimum atomic E-state index is -0.241. The number of hydrogen-bond donors (Lipinski definition) is 1. The van der Waals surface area contributed by atoms with Gasteiger partial charge in [0, 0.05) is 11.8 Å². The molecule has 2 aromatic rings. The van der Waals surface area contributed by atoms with Crippen molar-refractivity contribution in [2.75, 3.05) is 0 Å². The van der Waals surface area contributed by atoms with Crippen LogP contribution in [0.2, 0.25) is 0 Å². The molecular formula is C16H25N5O2. The van der Waals surface area contributed by atoms with Gasteiger partial charge in [-0.3, -0.25) is 5.32 Å². The minimum Gasteiger partial charge on any atom is -0.339 e. The van der Waals surface area contributed by atoms with E-state index in [1.807, 2.05) is 13.8 Å². The molecule has 0 amide bonds. The maximum absolute atomic E-state index is 5.40. The Morgan fingerprint density at radius 3 is 2.13 bits per heavy atom. The molecule has 3 rings (SSSR count). The van der Waals surface area contributed by atoms with Gasteiger partial charge in [0.15, 0.2) is 11.6 Å². The van der Waals surface area contributed by atoms with Gasteiger partial charge in [-0.2, -0.15) is 9.97 Å². The van der Waals surface area contributed by atoms with Crippen molar-refractivity contribution in [1.82, 2.24) is 25.6 Å². The zero-order valence-corrected chi connectivity index (χ0v) is 14.3. The molecule has 2 aromatic heterocycles. The summed E-state index contributed by atoms with van der Waals surface area (Å²) < 4.78 is 10.7. The lowest BCUT2D eigenvalue weighted by atomic mass is 9.96. The average molecular weight is 319 g/mol. The van der Waals surface area contributed by atoms with Crippen LogP contribution in [0.15, 0.2) is 9.05 Å². The molecule has 0 saturated heterocycles. The molecule has 2 heterocycles. The second kappa shape index (κ2) is 6.39. The molecule has 0 spiro atoms. The first-order chi connectivity index (χ1) is 11.0. The highest BCUT2D eigenvalue weighted by Gasteiger charge is 2.40. The lowest BCUT2D eigenvalue weighted by Gasteiger charge is -2.26. The molecule has 0 unspecified atom stereocenters. The minimum absolute atomic E-state index is 0.237. The van der Waals surface area contributed by atoms with Crippen LogP contribution in [-0.4, -0.2) is 20.3 Å². The summed E-state index contributed by atoms with van der Waals surface area (Å²) in [6, 6.07) is 0. The summed E-state index contributed by atoms with van der Waals surface area (Å²) in [5.74, 6) is 3.26. The highest BCUT2D eigenvalue weighted by Crippen LogP contribution is 2.37. The largest absolute Gasteiger partial charge is 0.339 e. The van der Waals surface area contributed by atoms with Crippen molar-refractivity contribution in [2.45, 2.75) is 77.3 Å². The lowest BCUT2D eigenvalue weighted by Crippen LogP contribution is -2.40. The summed E-state index contributed by atoms with van der Waals surface area (Å²) in [5.41, 5.74) is -0.241. The van der Waals surface area contributed by atoms with Crippen LogP contribution in [0.4, 0.5) is 0 Å². The fraction of sp³-hybridized carbons (Fsp3) is 0.750. The molecular weight excluding hydrogens is 294 g/mol. The van der Waals surface area contributed by atoms with Gasteiger partial charge in [0.2, 0.25) is 11.8 Å². The number of aromatic nitrogens is 4. The SMILES string of the molecule is CC(C)c1nc(CNC2(c3noc(C(C)C)n3)CCCC2)no1. The molecule has 0 bridgehead atoms. The van der Waals surface area contributed by atoms with Crippen LogP contribution in [0.5, 0.6) is 0 Å². The van der Waals surface area contributed by atoms with E-state index < -0.39 is 0 Å². The molecule has 1 N–H and O–H groups in total. The van der Waals surface area contributed by atoms with Crippen molar-refractivity contribution in [3.63, 3.8) is 0 Å². The normalized spacial score (nSPS) is 17.5. The molecule has 1 saturated carbocycles. The van der Waals surface area contributed by atoms with Gasteiger partial charge in [0.1, 0.15) is 0 Å². The van der Waals surface area contributed by atoms with Crippen LogP contribution in [0.3, 0.4) is 0 Å². The molecule has 1 aliphatic rings. The van der Waals surface area contributed by atoms with Gasteiger partial charge in [0.05, 0.1) is 12.1 Å². The Labute approximate surface area is 136 Å². The van der Waals surface area contributed by atoms with E-state index in [1.54, 1.807) is 0 Å². The van der Waals surface area contributed by atoms with Gasteiger partial charge in [-0.25, -0.2) is 0 Å². The maximum atomic E-state index is 5.40. The van der Waals surface area contributed by atoms with Crippen molar-refractivity contribution >= 4 is 0 Å². The summed E-state index contributed by atoms with van der Waals surface area (Å²) in [4.78, 5) is 9.03. The Bertz CT molecular complexity index is 640. The van der Waals surface area contributed by atoms with Crippen LogP contribution in [-0.2, 0) is 12.1 Å². The maximum Gasteiger partial charge on any atom is 0.229 e. The lowest BCUT2D eigenvalue weighted by molar-refractivity contribution is 0.289. The summed E-state index contributed by atoms with van der Waals surface area (Å²) in [5, 5.41) is 11.8. The van der Waals surface area contributed by atoms with E-state index in [0.29, 0.717) is 24.2 Å². The Balaban J connectivity index is 1.75. The molecule has 0 aromatic carbocycles. The Morgan fingerprint density at radius 1 is 0.957 bits per heavy atom. The van der Waals surface area contributed by atoms with Crippen molar-refractivity contribution in [3.05, 3.63) is 23.4 Å². The second-order valence-corrected chi connectivity index (χ2v) is 6.96. The predicted molar refractivity (Wildman–Crippen MR) is 83.8 cm³/mol. The fourth-order valence-corrected chi connectivity index (χ4v) is 2.94. The summed E-state index contributed by atoms with van der Waals surface area (Å²) in [6.07, 6.45) is 4.31. The van der Waals surface area contributed by atoms with E-state index in [4.69, 9.17) is 9.05 Å². The molecule has 0 aliphatic heterocycles. The van der Waals surface area contributed by atoms with E-state index in [2.05, 4.69) is 39.4 Å². The van der Waals surface area contributed by atoms with Crippen LogP contribution >= 0.6 is 0 Å². The van der Waals surface area contributed by atoms with Crippen LogP contribution in [0, 0.1) is 0 Å². The third-order valence-electron chi connectivity index (χ3n) is 4.38. The fourth-order valence-electron chi connectivity index (χ4n) is 2.94. The number of nitrogens with one attached hydrogen (secondary N) is 1. The molecule has 7 nitrogen and oxygen atoms in total. The average Bonchev–Trinajstić information content (AvgIpc) is 3.25. The van der Waals surface area contributed by atoms with Gasteiger partial charge in [0.25, 0.3) is 0 Å². The Hall–Kier alpha value is -1.76. The quantitative estimate of drug-likeness (QED) is 0.874. The zero-order valence-electron chi connectivity index (χ0n) is 14.3. The number of rotatable bonds is 6. The van der Waals surface area contributed by atoms with E-state index in [1.165, 1.54) is 0 Å². The predicted octanol–water partition coefficient (Wildman–Crippen LogP) is 3.26. The van der Waals surface area contributed by atoms with Gasteiger partial charge < -0.3 is 9.05 Å². The molecule has 1 fully saturated rings. The third-order valence-corrected chi connectivity index (χ3v) is 4.38. The molecule has 7 heteroatoms. The summed E-state index contributed by atoms with van der Waals surface area (Å²) in [7, 11) is 0. The highest BCUT2D eigenvalue weighted by atomic mass is 16.5. The smallest absolute Gasteiger partial charge is 0.229 e. The first-order valence-electron chi connectivity index (χ1n) is 8.42. The topological polar surface area (TPSA) is 89.9 Å². The highest BCUT2D eigenvalue weighted by molar-refractivity contribution is 5.09. The standard InChI is InChI=1S/C16H25N5O2/c1-10(2)13-18-12(20-22-13)9-17-16(7-5-6-8-16)15-19-14(11(3)4)23-21-15/h10-11,17H,5-9H2,1-4H3. The van der Waals surface area contributed by atoms with E-state index >= 15 is 0 Å². The third kappa shape index (κ3) is 3.29. The van der Waals surface area contributed by atoms with Crippen LogP contribution in [0.1, 0.15) is 88.6 Å². The van der Waals surface area contributed by atoms with Gasteiger partial charge in [-0.1, -0.05) is 50.8 Å². The molecule has 1 aliphatic carbocycles. The van der Waals surface area contributed by atoms with E-state index in [9.17, 15) is 0 Å². The van der Waals surface area contributed by atoms with Crippen molar-refractivity contribution in [2.24, 2.45) is 0 Å². The Kier molecular flexibility index (Phi) is 4.48. The van der Waals surface area contributed by atoms with Crippen LogP contribution < -0.4 is 5.32 Å². The Morgan fingerprint density at radius 2 is 1.57 bits per heavy atom. The summed E-state index contributed by atoms with van der Waals surface area (Å²) in [6.45, 7) is 8.73. The van der Waals surface area contributed by atoms with Gasteiger partial charge >= 0.3 is 0 Å². The number of nitrogens with zero attached hydrogens (tertiary/aromatic N) is 4. The van der Waals surface area contributed by atoms with Crippen molar-refractivity contribution in [1.29, 1.82) is 0 Å². The first-order valence-corrected chi connectivity index (χ1v) is 8.42. The van der Waals surface area contributed by atoms with Gasteiger partial charge in [-0.05, 0) is 12.8 Å². The molecule has 0 radical (unpaired) electrons. The van der Waals surface area contributed by atoms with E-state index in [0.717, 1.165) is 31.5 Å². The monoisotopic (exact) mass is 319 g/mol.